The third-order valence-corrected chi connectivity index (χ3v) is 4.64. The van der Waals surface area contributed by atoms with Crippen LogP contribution in [0.1, 0.15) is 32.9 Å². The van der Waals surface area contributed by atoms with Gasteiger partial charge >= 0.3 is 5.97 Å². The standard InChI is InChI=1S/C18H30N6O6/c1-4-9(2)15(18(30)21-7-13(26)27)24-16(28)12(5-11-6-20-8-22-11)23-17(29)14(19)10(3)25/h6,8-10,12,14-15,25H,4-5,7,19H2,1-3H3,(H,20,22)(H,21,30)(H,23,29)(H,24,28)(H,26,27). The predicted octanol–water partition coefficient (Wildman–Crippen LogP) is -2.12. The first-order valence-electron chi connectivity index (χ1n) is 9.57. The van der Waals surface area contributed by atoms with E-state index in [1.165, 1.54) is 19.4 Å². The van der Waals surface area contributed by atoms with E-state index in [4.69, 9.17) is 10.8 Å². The van der Waals surface area contributed by atoms with Gasteiger partial charge in [-0.05, 0) is 12.8 Å². The minimum atomic E-state index is -1.24. The zero-order valence-corrected chi connectivity index (χ0v) is 17.2. The number of H-pyrrole nitrogens is 1. The molecule has 5 unspecified atom stereocenters. The van der Waals surface area contributed by atoms with Gasteiger partial charge in [0.15, 0.2) is 0 Å². The summed E-state index contributed by atoms with van der Waals surface area (Å²) in [4.78, 5) is 55.0. The number of nitrogens with one attached hydrogen (secondary N) is 4. The summed E-state index contributed by atoms with van der Waals surface area (Å²) in [5.74, 6) is -3.56. The number of aromatic amines is 1. The van der Waals surface area contributed by atoms with Crippen molar-refractivity contribution < 1.29 is 29.4 Å². The van der Waals surface area contributed by atoms with E-state index in [2.05, 4.69) is 25.9 Å². The maximum Gasteiger partial charge on any atom is 0.322 e. The van der Waals surface area contributed by atoms with Crippen molar-refractivity contribution in [2.24, 2.45) is 11.7 Å². The number of nitrogens with zero attached hydrogens (tertiary/aromatic N) is 1. The normalized spacial score (nSPS) is 15.9. The SMILES string of the molecule is CCC(C)C(NC(=O)C(Cc1cnc[nH]1)NC(=O)C(N)C(C)O)C(=O)NCC(=O)O. The molecule has 0 saturated carbocycles. The van der Waals surface area contributed by atoms with Crippen LogP contribution in [0.5, 0.6) is 0 Å². The first-order valence-corrected chi connectivity index (χ1v) is 9.57. The van der Waals surface area contributed by atoms with E-state index in [1.54, 1.807) is 6.92 Å². The molecule has 0 aromatic carbocycles. The van der Waals surface area contributed by atoms with E-state index < -0.39 is 54.5 Å². The Morgan fingerprint density at radius 1 is 1.17 bits per heavy atom. The highest BCUT2D eigenvalue weighted by Gasteiger charge is 2.31. The molecule has 1 rings (SSSR count). The van der Waals surface area contributed by atoms with E-state index in [9.17, 15) is 24.3 Å². The number of aliphatic carboxylic acids is 1. The van der Waals surface area contributed by atoms with Crippen molar-refractivity contribution in [3.63, 3.8) is 0 Å². The second kappa shape index (κ2) is 11.9. The molecule has 0 fully saturated rings. The van der Waals surface area contributed by atoms with Gasteiger partial charge in [-0.25, -0.2) is 4.98 Å². The van der Waals surface area contributed by atoms with E-state index in [-0.39, 0.29) is 12.3 Å². The molecule has 1 aromatic heterocycles. The molecule has 8 N–H and O–H groups in total. The summed E-state index contributed by atoms with van der Waals surface area (Å²) in [6, 6.07) is -3.36. The van der Waals surface area contributed by atoms with E-state index >= 15 is 0 Å². The molecule has 0 bridgehead atoms. The molecule has 0 radical (unpaired) electrons. The van der Waals surface area contributed by atoms with Gasteiger partial charge < -0.3 is 36.9 Å². The van der Waals surface area contributed by atoms with Crippen LogP contribution in [0.15, 0.2) is 12.5 Å². The molecule has 0 spiro atoms. The van der Waals surface area contributed by atoms with Gasteiger partial charge in [0.2, 0.25) is 17.7 Å². The number of carbonyl (C=O) groups is 4. The number of aromatic nitrogens is 2. The van der Waals surface area contributed by atoms with Gasteiger partial charge in [0.05, 0.1) is 12.4 Å². The Hall–Kier alpha value is -2.99. The fourth-order valence-corrected chi connectivity index (χ4v) is 2.54. The molecule has 1 aromatic rings. The summed E-state index contributed by atoms with van der Waals surface area (Å²) in [5, 5.41) is 25.6. The van der Waals surface area contributed by atoms with Crippen LogP contribution in [0.25, 0.3) is 0 Å². The summed E-state index contributed by atoms with van der Waals surface area (Å²) in [5.41, 5.74) is 6.19. The lowest BCUT2D eigenvalue weighted by Gasteiger charge is -2.27. The van der Waals surface area contributed by atoms with Crippen LogP contribution in [0.2, 0.25) is 0 Å². The predicted molar refractivity (Wildman–Crippen MR) is 106 cm³/mol. The first kappa shape index (κ1) is 25.0. The van der Waals surface area contributed by atoms with Crippen molar-refractivity contribution in [1.29, 1.82) is 0 Å². The lowest BCUT2D eigenvalue weighted by molar-refractivity contribution is -0.139. The molecule has 0 aliphatic rings. The molecule has 12 heteroatoms. The highest BCUT2D eigenvalue weighted by molar-refractivity contribution is 5.94. The summed E-state index contributed by atoms with van der Waals surface area (Å²) in [6.45, 7) is 4.32. The van der Waals surface area contributed by atoms with Gasteiger partial charge in [-0.15, -0.1) is 0 Å². The van der Waals surface area contributed by atoms with E-state index in [0.29, 0.717) is 12.1 Å². The number of carbonyl (C=O) groups excluding carboxylic acids is 3. The van der Waals surface area contributed by atoms with Gasteiger partial charge in [0.1, 0.15) is 24.7 Å². The molecule has 30 heavy (non-hydrogen) atoms. The quantitative estimate of drug-likeness (QED) is 0.196. The highest BCUT2D eigenvalue weighted by Crippen LogP contribution is 2.09. The highest BCUT2D eigenvalue weighted by atomic mass is 16.4. The van der Waals surface area contributed by atoms with Crippen LogP contribution in [0.4, 0.5) is 0 Å². The zero-order chi connectivity index (χ0) is 22.8. The maximum atomic E-state index is 12.9. The van der Waals surface area contributed by atoms with Crippen molar-refractivity contribution in [2.45, 2.75) is 57.8 Å². The van der Waals surface area contributed by atoms with Crippen LogP contribution in [0, 0.1) is 5.92 Å². The van der Waals surface area contributed by atoms with Crippen LogP contribution in [0.3, 0.4) is 0 Å². The maximum absolute atomic E-state index is 12.9. The number of rotatable bonds is 12. The fourth-order valence-electron chi connectivity index (χ4n) is 2.54. The Labute approximate surface area is 174 Å². The van der Waals surface area contributed by atoms with Crippen LogP contribution in [-0.2, 0) is 25.6 Å². The number of carboxylic acid groups (broad SMARTS) is 1. The van der Waals surface area contributed by atoms with Crippen molar-refractivity contribution in [3.05, 3.63) is 18.2 Å². The molecule has 3 amide bonds. The van der Waals surface area contributed by atoms with Gasteiger partial charge in [0.25, 0.3) is 0 Å². The Bertz CT molecular complexity index is 723. The molecule has 0 aliphatic heterocycles. The second-order valence-electron chi connectivity index (χ2n) is 7.09. The van der Waals surface area contributed by atoms with Crippen molar-refractivity contribution in [1.82, 2.24) is 25.9 Å². The topological polar surface area (TPSA) is 200 Å². The Balaban J connectivity index is 2.99. The lowest BCUT2D eigenvalue weighted by Crippen LogP contribution is -2.59. The summed E-state index contributed by atoms with van der Waals surface area (Å²) < 4.78 is 0. The minimum Gasteiger partial charge on any atom is -0.480 e. The lowest BCUT2D eigenvalue weighted by atomic mass is 9.97. The third kappa shape index (κ3) is 7.79. The van der Waals surface area contributed by atoms with Crippen molar-refractivity contribution in [2.75, 3.05) is 6.54 Å². The zero-order valence-electron chi connectivity index (χ0n) is 17.2. The number of nitrogens with two attached hydrogens (primary N) is 1. The van der Waals surface area contributed by atoms with E-state index in [1.807, 2.05) is 6.92 Å². The minimum absolute atomic E-state index is 0.0358. The number of carboxylic acids is 1. The van der Waals surface area contributed by atoms with Gasteiger partial charge in [0, 0.05) is 18.3 Å². The average Bonchev–Trinajstić information content (AvgIpc) is 3.21. The molecule has 12 nitrogen and oxygen atoms in total. The van der Waals surface area contributed by atoms with Gasteiger partial charge in [-0.1, -0.05) is 20.3 Å². The monoisotopic (exact) mass is 426 g/mol. The first-order chi connectivity index (χ1) is 14.1. The number of hydrogen-bond donors (Lipinski definition) is 7. The molecule has 5 atom stereocenters. The smallest absolute Gasteiger partial charge is 0.322 e. The summed E-state index contributed by atoms with van der Waals surface area (Å²) in [6.07, 6.45) is 2.33. The second-order valence-corrected chi connectivity index (χ2v) is 7.09. The Morgan fingerprint density at radius 2 is 1.83 bits per heavy atom. The van der Waals surface area contributed by atoms with Crippen LogP contribution < -0.4 is 21.7 Å². The number of aliphatic hydroxyl groups excluding tert-OH is 1. The fraction of sp³-hybridized carbons (Fsp3) is 0.611. The number of amides is 3. The van der Waals surface area contributed by atoms with Gasteiger partial charge in [-0.3, -0.25) is 19.2 Å². The number of imidazole rings is 1. The number of aliphatic hydroxyl groups is 1. The molecule has 0 saturated heterocycles. The Kier molecular flexibility index (Phi) is 9.92. The summed E-state index contributed by atoms with van der Waals surface area (Å²) in [7, 11) is 0. The molecule has 0 aliphatic carbocycles. The largest absolute Gasteiger partial charge is 0.480 e. The average molecular weight is 426 g/mol. The van der Waals surface area contributed by atoms with Crippen LogP contribution >= 0.6 is 0 Å². The molecular formula is C18H30N6O6. The summed E-state index contributed by atoms with van der Waals surface area (Å²) >= 11 is 0. The van der Waals surface area contributed by atoms with E-state index in [0.717, 1.165) is 0 Å². The molecule has 168 valence electrons. The number of hydrogen-bond acceptors (Lipinski definition) is 7. The third-order valence-electron chi connectivity index (χ3n) is 4.64. The van der Waals surface area contributed by atoms with Crippen molar-refractivity contribution >= 4 is 23.7 Å². The molecular weight excluding hydrogens is 396 g/mol. The van der Waals surface area contributed by atoms with Gasteiger partial charge in [-0.2, -0.15) is 0 Å². The van der Waals surface area contributed by atoms with Crippen molar-refractivity contribution in [3.8, 4) is 0 Å². The molecule has 1 heterocycles. The van der Waals surface area contributed by atoms with Crippen LogP contribution in [-0.4, -0.2) is 74.6 Å². The Morgan fingerprint density at radius 3 is 2.33 bits per heavy atom.